The molecule has 1 fully saturated rings. The van der Waals surface area contributed by atoms with Crippen molar-refractivity contribution in [3.05, 3.63) is 0 Å². The molecule has 106 valence electrons. The van der Waals surface area contributed by atoms with E-state index < -0.39 is 5.79 Å². The Balaban J connectivity index is 2.51. The van der Waals surface area contributed by atoms with E-state index >= 15 is 0 Å². The molecule has 18 heavy (non-hydrogen) atoms. The van der Waals surface area contributed by atoms with Crippen LogP contribution < -0.4 is 0 Å². The summed E-state index contributed by atoms with van der Waals surface area (Å²) in [5.74, 6) is -0.190. The molecule has 0 N–H and O–H groups in total. The first-order valence-electron chi connectivity index (χ1n) is 6.83. The van der Waals surface area contributed by atoms with Crippen molar-refractivity contribution >= 4 is 5.97 Å². The lowest BCUT2D eigenvalue weighted by Gasteiger charge is -2.35. The maximum absolute atomic E-state index is 11.2. The lowest BCUT2D eigenvalue weighted by molar-refractivity contribution is -0.224. The lowest BCUT2D eigenvalue weighted by atomic mass is 9.83. The second-order valence-electron chi connectivity index (χ2n) is 5.10. The highest BCUT2D eigenvalue weighted by Gasteiger charge is 2.34. The van der Waals surface area contributed by atoms with Gasteiger partial charge in [-0.25, -0.2) is 0 Å². The van der Waals surface area contributed by atoms with Gasteiger partial charge in [0.15, 0.2) is 5.79 Å². The number of ether oxygens (including phenoxy) is 3. The summed E-state index contributed by atoms with van der Waals surface area (Å²) in [6.45, 7) is 0. The smallest absolute Gasteiger partial charge is 0.305 e. The molecule has 0 aromatic rings. The van der Waals surface area contributed by atoms with Crippen LogP contribution in [0.3, 0.4) is 0 Å². The molecule has 1 saturated carbocycles. The number of carbonyl (C=O) groups excluding carboxylic acids is 1. The normalized spacial score (nSPS) is 17.7. The third kappa shape index (κ3) is 4.58. The Labute approximate surface area is 110 Å². The fraction of sp³-hybridized carbons (Fsp3) is 0.929. The third-order valence-corrected chi connectivity index (χ3v) is 4.01. The van der Waals surface area contributed by atoms with Crippen LogP contribution in [0.4, 0.5) is 0 Å². The molecular weight excluding hydrogens is 232 g/mol. The molecule has 0 atom stereocenters. The summed E-state index contributed by atoms with van der Waals surface area (Å²) in [4.78, 5) is 11.2. The molecule has 0 aromatic heterocycles. The van der Waals surface area contributed by atoms with Crippen molar-refractivity contribution < 1.29 is 19.0 Å². The van der Waals surface area contributed by atoms with Crippen molar-refractivity contribution in [1.82, 2.24) is 0 Å². The Bertz CT molecular complexity index is 242. The van der Waals surface area contributed by atoms with Gasteiger partial charge in [0, 0.05) is 27.1 Å². The van der Waals surface area contributed by atoms with E-state index in [4.69, 9.17) is 9.47 Å². The van der Waals surface area contributed by atoms with E-state index in [2.05, 4.69) is 4.74 Å². The Morgan fingerprint density at radius 1 is 1.11 bits per heavy atom. The van der Waals surface area contributed by atoms with Gasteiger partial charge in [0.25, 0.3) is 0 Å². The molecule has 1 aliphatic carbocycles. The second-order valence-corrected chi connectivity index (χ2v) is 5.10. The van der Waals surface area contributed by atoms with Crippen LogP contribution in [0.5, 0.6) is 0 Å². The first kappa shape index (κ1) is 15.4. The quantitative estimate of drug-likeness (QED) is 0.520. The zero-order valence-electron chi connectivity index (χ0n) is 11.9. The van der Waals surface area contributed by atoms with E-state index in [-0.39, 0.29) is 5.97 Å². The summed E-state index contributed by atoms with van der Waals surface area (Å²) in [6, 6.07) is 0. The maximum atomic E-state index is 11.2. The van der Waals surface area contributed by atoms with Gasteiger partial charge in [0.05, 0.1) is 13.5 Å². The van der Waals surface area contributed by atoms with Crippen LogP contribution in [0.25, 0.3) is 0 Å². The number of hydrogen-bond donors (Lipinski definition) is 0. The molecule has 0 aliphatic heterocycles. The molecule has 0 heterocycles. The molecule has 1 rings (SSSR count). The summed E-state index contributed by atoms with van der Waals surface area (Å²) in [5, 5.41) is 0. The lowest BCUT2D eigenvalue weighted by Crippen LogP contribution is -2.37. The average molecular weight is 258 g/mol. The van der Waals surface area contributed by atoms with E-state index in [1.807, 2.05) is 0 Å². The summed E-state index contributed by atoms with van der Waals surface area (Å²) in [7, 11) is 4.72. The topological polar surface area (TPSA) is 44.8 Å². The Morgan fingerprint density at radius 3 is 2.22 bits per heavy atom. The van der Waals surface area contributed by atoms with Gasteiger partial charge in [-0.3, -0.25) is 4.79 Å². The first-order chi connectivity index (χ1) is 8.65. The summed E-state index contributed by atoms with van der Waals surface area (Å²) >= 11 is 0. The van der Waals surface area contributed by atoms with Crippen LogP contribution in [0.15, 0.2) is 0 Å². The zero-order chi connectivity index (χ0) is 13.4. The van der Waals surface area contributed by atoms with E-state index in [1.54, 1.807) is 14.2 Å². The molecule has 0 saturated heterocycles. The van der Waals surface area contributed by atoms with Gasteiger partial charge in [-0.2, -0.15) is 0 Å². The van der Waals surface area contributed by atoms with Crippen molar-refractivity contribution in [3.63, 3.8) is 0 Å². The van der Waals surface area contributed by atoms with Crippen LogP contribution >= 0.6 is 0 Å². The number of methoxy groups -OCH3 is 3. The molecule has 0 amide bonds. The van der Waals surface area contributed by atoms with Crippen molar-refractivity contribution in [2.75, 3.05) is 21.3 Å². The number of rotatable bonds is 7. The zero-order valence-corrected chi connectivity index (χ0v) is 11.9. The highest BCUT2D eigenvalue weighted by molar-refractivity contribution is 5.69. The van der Waals surface area contributed by atoms with Crippen molar-refractivity contribution in [2.45, 2.75) is 57.2 Å². The van der Waals surface area contributed by atoms with Gasteiger partial charge in [0.1, 0.15) is 0 Å². The van der Waals surface area contributed by atoms with Gasteiger partial charge < -0.3 is 14.2 Å². The highest BCUT2D eigenvalue weighted by atomic mass is 16.7. The summed E-state index contributed by atoms with van der Waals surface area (Å²) in [6.07, 6.45) is 8.19. The Kier molecular flexibility index (Phi) is 6.65. The van der Waals surface area contributed by atoms with E-state index in [0.717, 1.165) is 6.42 Å². The molecule has 4 heteroatoms. The van der Waals surface area contributed by atoms with Crippen molar-refractivity contribution in [2.24, 2.45) is 5.92 Å². The molecule has 4 nitrogen and oxygen atoms in total. The van der Waals surface area contributed by atoms with Crippen LogP contribution in [0.2, 0.25) is 0 Å². The van der Waals surface area contributed by atoms with E-state index in [9.17, 15) is 4.79 Å². The maximum Gasteiger partial charge on any atom is 0.305 e. The largest absolute Gasteiger partial charge is 0.469 e. The number of carbonyl (C=O) groups is 1. The Hall–Kier alpha value is -0.610. The van der Waals surface area contributed by atoms with E-state index in [0.29, 0.717) is 18.8 Å². The molecule has 0 aromatic carbocycles. The fourth-order valence-corrected chi connectivity index (χ4v) is 2.78. The summed E-state index contributed by atoms with van der Waals surface area (Å²) in [5.41, 5.74) is 0. The van der Waals surface area contributed by atoms with Gasteiger partial charge >= 0.3 is 5.97 Å². The van der Waals surface area contributed by atoms with Crippen LogP contribution in [-0.2, 0) is 19.0 Å². The highest BCUT2D eigenvalue weighted by Crippen LogP contribution is 2.34. The SMILES string of the molecule is COC(=O)CCC(CC1CCCCC1)(OC)OC. The van der Waals surface area contributed by atoms with Crippen LogP contribution in [0.1, 0.15) is 51.4 Å². The van der Waals surface area contributed by atoms with Gasteiger partial charge in [0.2, 0.25) is 0 Å². The number of esters is 1. The number of hydrogen-bond acceptors (Lipinski definition) is 4. The van der Waals surface area contributed by atoms with Gasteiger partial charge in [-0.15, -0.1) is 0 Å². The predicted molar refractivity (Wildman–Crippen MR) is 69.2 cm³/mol. The minimum atomic E-state index is -0.629. The van der Waals surface area contributed by atoms with Crippen molar-refractivity contribution in [1.29, 1.82) is 0 Å². The first-order valence-corrected chi connectivity index (χ1v) is 6.83. The second kappa shape index (κ2) is 7.74. The molecule has 0 bridgehead atoms. The third-order valence-electron chi connectivity index (χ3n) is 4.01. The van der Waals surface area contributed by atoms with Crippen molar-refractivity contribution in [3.8, 4) is 0 Å². The fourth-order valence-electron chi connectivity index (χ4n) is 2.78. The Morgan fingerprint density at radius 2 is 1.72 bits per heavy atom. The molecule has 0 spiro atoms. The molecule has 0 unspecified atom stereocenters. The molecular formula is C14H26O4. The minimum absolute atomic E-state index is 0.211. The standard InChI is InChI=1S/C14H26O4/c1-16-13(15)9-10-14(17-2,18-3)11-12-7-5-4-6-8-12/h12H,4-11H2,1-3H3. The van der Waals surface area contributed by atoms with Gasteiger partial charge in [-0.05, 0) is 5.92 Å². The molecule has 1 aliphatic rings. The molecule has 0 radical (unpaired) electrons. The average Bonchev–Trinajstić information content (AvgIpc) is 2.44. The monoisotopic (exact) mass is 258 g/mol. The van der Waals surface area contributed by atoms with E-state index in [1.165, 1.54) is 39.2 Å². The van der Waals surface area contributed by atoms with Crippen LogP contribution in [0, 0.1) is 5.92 Å². The summed E-state index contributed by atoms with van der Waals surface area (Å²) < 4.78 is 15.8. The van der Waals surface area contributed by atoms with Gasteiger partial charge in [-0.1, -0.05) is 32.1 Å². The predicted octanol–water partition coefficient (Wildman–Crippen LogP) is 2.90. The minimum Gasteiger partial charge on any atom is -0.469 e. The van der Waals surface area contributed by atoms with Crippen LogP contribution in [-0.4, -0.2) is 33.1 Å².